The van der Waals surface area contributed by atoms with Crippen LogP contribution in [0.3, 0.4) is 0 Å². The molecule has 4 rings (SSSR count). The minimum absolute atomic E-state index is 0.00432. The number of H-pyrrole nitrogens is 1. The molecule has 7 nitrogen and oxygen atoms in total. The summed E-state index contributed by atoms with van der Waals surface area (Å²) in [6, 6.07) is 7.10. The van der Waals surface area contributed by atoms with Crippen LogP contribution < -0.4 is 5.56 Å². The monoisotopic (exact) mass is 411 g/mol. The molecule has 0 amide bonds. The molecule has 1 aromatic carbocycles. The van der Waals surface area contributed by atoms with Gasteiger partial charge in [-0.15, -0.1) is 0 Å². The highest BCUT2D eigenvalue weighted by Crippen LogP contribution is 2.31. The fourth-order valence-electron chi connectivity index (χ4n) is 2.98. The maximum atomic E-state index is 13.6. The Bertz CT molecular complexity index is 1060. The van der Waals surface area contributed by atoms with Gasteiger partial charge in [0.1, 0.15) is 0 Å². The number of nitrogens with one attached hydrogen (secondary N) is 1. The number of morpholine rings is 1. The summed E-state index contributed by atoms with van der Waals surface area (Å²) in [5.74, 6) is 0. The average molecular weight is 411 g/mol. The Labute approximate surface area is 161 Å². The van der Waals surface area contributed by atoms with E-state index in [0.717, 1.165) is 20.7 Å². The first-order valence-corrected chi connectivity index (χ1v) is 9.32. The maximum Gasteiger partial charge on any atom is 0.433 e. The Hall–Kier alpha value is -2.66. The lowest BCUT2D eigenvalue weighted by Crippen LogP contribution is -2.33. The van der Waals surface area contributed by atoms with Gasteiger partial charge in [-0.05, 0) is 19.1 Å². The van der Waals surface area contributed by atoms with Gasteiger partial charge < -0.3 is 4.74 Å². The van der Waals surface area contributed by atoms with E-state index >= 15 is 0 Å². The van der Waals surface area contributed by atoms with Crippen molar-refractivity contribution in [2.75, 3.05) is 26.3 Å². The van der Waals surface area contributed by atoms with Crippen LogP contribution in [0.4, 0.5) is 13.2 Å². The number of hydrogen-bond acceptors (Lipinski definition) is 6. The zero-order valence-electron chi connectivity index (χ0n) is 14.8. The first-order valence-electron chi connectivity index (χ1n) is 8.51. The number of fused-ring (bicyclic) bond motifs is 1. The van der Waals surface area contributed by atoms with E-state index in [1.807, 2.05) is 0 Å². The highest BCUT2D eigenvalue weighted by Gasteiger charge is 2.39. The lowest BCUT2D eigenvalue weighted by Gasteiger charge is -2.24. The number of benzene rings is 1. The number of ether oxygens (including phenoxy) is 1. The zero-order chi connectivity index (χ0) is 19.9. The second-order valence-electron chi connectivity index (χ2n) is 6.22. The van der Waals surface area contributed by atoms with E-state index in [2.05, 4.69) is 15.2 Å². The molecule has 0 aliphatic carbocycles. The number of nitrogens with zero attached hydrogens (tertiary/aromatic N) is 4. The minimum atomic E-state index is -4.74. The van der Waals surface area contributed by atoms with Crippen LogP contribution in [0.2, 0.25) is 0 Å². The molecule has 0 unspecified atom stereocenters. The Morgan fingerprint density at radius 3 is 2.68 bits per heavy atom. The average Bonchev–Trinajstić information content (AvgIpc) is 3.23. The molecule has 2 aromatic heterocycles. The summed E-state index contributed by atoms with van der Waals surface area (Å²) in [4.78, 5) is 17.1. The third-order valence-corrected chi connectivity index (χ3v) is 5.31. The molecule has 1 aliphatic heterocycles. The maximum absolute atomic E-state index is 13.6. The van der Waals surface area contributed by atoms with Gasteiger partial charge in [0, 0.05) is 0 Å². The van der Waals surface area contributed by atoms with Crippen LogP contribution in [0.25, 0.3) is 15.3 Å². The van der Waals surface area contributed by atoms with Gasteiger partial charge >= 0.3 is 6.18 Å². The highest BCUT2D eigenvalue weighted by atomic mass is 32.1. The van der Waals surface area contributed by atoms with E-state index in [1.165, 1.54) is 6.92 Å². The molecule has 0 bridgehead atoms. The molecule has 0 spiro atoms. The Morgan fingerprint density at radius 2 is 2.00 bits per heavy atom. The number of aromatic amines is 1. The number of para-hydroxylation sites is 1. The predicted octanol–water partition coefficient (Wildman–Crippen LogP) is 2.85. The molecule has 1 saturated heterocycles. The van der Waals surface area contributed by atoms with Crippen molar-refractivity contribution in [2.45, 2.75) is 13.1 Å². The quantitative estimate of drug-likeness (QED) is 0.673. The Balaban J connectivity index is 1.83. The first-order chi connectivity index (χ1) is 13.3. The van der Waals surface area contributed by atoms with Crippen LogP contribution in [0.5, 0.6) is 0 Å². The largest absolute Gasteiger partial charge is 0.433 e. The first kappa shape index (κ1) is 18.7. The smallest absolute Gasteiger partial charge is 0.378 e. The Kier molecular flexibility index (Phi) is 4.71. The third-order valence-electron chi connectivity index (χ3n) is 4.29. The normalized spacial score (nSPS) is 16.1. The van der Waals surface area contributed by atoms with Gasteiger partial charge in [-0.25, -0.2) is 4.98 Å². The summed E-state index contributed by atoms with van der Waals surface area (Å²) < 4.78 is 47.7. The van der Waals surface area contributed by atoms with Crippen molar-refractivity contribution in [3.8, 4) is 5.13 Å². The van der Waals surface area contributed by atoms with Crippen molar-refractivity contribution in [3.05, 3.63) is 45.9 Å². The van der Waals surface area contributed by atoms with Crippen molar-refractivity contribution in [2.24, 2.45) is 5.10 Å². The fraction of sp³-hybridized carbons (Fsp3) is 0.353. The Morgan fingerprint density at radius 1 is 1.29 bits per heavy atom. The van der Waals surface area contributed by atoms with E-state index in [1.54, 1.807) is 29.3 Å². The number of rotatable bonds is 3. The van der Waals surface area contributed by atoms with Crippen LogP contribution >= 0.6 is 11.3 Å². The topological polar surface area (TPSA) is 75.5 Å². The van der Waals surface area contributed by atoms with Gasteiger partial charge in [0.25, 0.3) is 5.56 Å². The van der Waals surface area contributed by atoms with Gasteiger partial charge in [-0.3, -0.25) is 14.9 Å². The van der Waals surface area contributed by atoms with Crippen molar-refractivity contribution in [3.63, 3.8) is 0 Å². The van der Waals surface area contributed by atoms with Crippen LogP contribution in [-0.4, -0.2) is 51.8 Å². The van der Waals surface area contributed by atoms with Crippen molar-refractivity contribution >= 4 is 27.3 Å². The number of hydrazone groups is 1. The van der Waals surface area contributed by atoms with E-state index in [4.69, 9.17) is 4.74 Å². The standard InChI is InChI=1S/C17H16F3N5O2S/c1-10(22-24-6-8-27-9-7-24)13-14(17(18,19)20)23-25(15(13)26)16-21-11-4-2-3-5-12(11)28-16/h2-5,23H,6-9H2,1H3. The SMILES string of the molecule is CC(=NN1CCOCC1)c1c(C(F)(F)F)[nH]n(-c2nc3ccccc3s2)c1=O. The summed E-state index contributed by atoms with van der Waals surface area (Å²) in [7, 11) is 0. The van der Waals surface area contributed by atoms with E-state index in [9.17, 15) is 18.0 Å². The highest BCUT2D eigenvalue weighted by molar-refractivity contribution is 7.20. The summed E-state index contributed by atoms with van der Waals surface area (Å²) in [6.45, 7) is 3.18. The molecular formula is C17H16F3N5O2S. The van der Waals surface area contributed by atoms with Gasteiger partial charge in [0.15, 0.2) is 5.69 Å². The third kappa shape index (κ3) is 3.42. The number of alkyl halides is 3. The van der Waals surface area contributed by atoms with Gasteiger partial charge in [0.05, 0.1) is 47.8 Å². The zero-order valence-corrected chi connectivity index (χ0v) is 15.6. The summed E-state index contributed by atoms with van der Waals surface area (Å²) in [5.41, 5.74) is -1.86. The molecule has 28 heavy (non-hydrogen) atoms. The van der Waals surface area contributed by atoms with Crippen LogP contribution in [0.15, 0.2) is 34.2 Å². The summed E-state index contributed by atoms with van der Waals surface area (Å²) >= 11 is 1.13. The second kappa shape index (κ2) is 7.06. The lowest BCUT2D eigenvalue weighted by molar-refractivity contribution is -0.141. The molecule has 0 atom stereocenters. The van der Waals surface area contributed by atoms with Crippen LogP contribution in [0, 0.1) is 0 Å². The van der Waals surface area contributed by atoms with Gasteiger partial charge in [-0.2, -0.15) is 23.0 Å². The molecule has 148 valence electrons. The second-order valence-corrected chi connectivity index (χ2v) is 7.22. The van der Waals surface area contributed by atoms with Gasteiger partial charge in [0.2, 0.25) is 5.13 Å². The molecule has 1 fully saturated rings. The van der Waals surface area contributed by atoms with E-state index < -0.39 is 23.0 Å². The molecule has 1 aliphatic rings. The number of aromatic nitrogens is 3. The molecule has 3 aromatic rings. The number of halogens is 3. The fourth-order valence-corrected chi connectivity index (χ4v) is 3.91. The number of thiazole rings is 1. The molecule has 0 radical (unpaired) electrons. The predicted molar refractivity (Wildman–Crippen MR) is 99.2 cm³/mol. The summed E-state index contributed by atoms with van der Waals surface area (Å²) in [5, 5.41) is 8.14. The lowest BCUT2D eigenvalue weighted by atomic mass is 10.1. The summed E-state index contributed by atoms with van der Waals surface area (Å²) in [6.07, 6.45) is -4.74. The van der Waals surface area contributed by atoms with Crippen LogP contribution in [-0.2, 0) is 10.9 Å². The molecule has 3 heterocycles. The molecule has 11 heteroatoms. The number of hydrogen-bond donors (Lipinski definition) is 1. The van der Waals surface area contributed by atoms with Crippen molar-refractivity contribution in [1.82, 2.24) is 19.8 Å². The van der Waals surface area contributed by atoms with Crippen LogP contribution in [0.1, 0.15) is 18.2 Å². The van der Waals surface area contributed by atoms with E-state index in [-0.39, 0.29) is 10.8 Å². The molecular weight excluding hydrogens is 395 g/mol. The molecule has 1 N–H and O–H groups in total. The van der Waals surface area contributed by atoms with Gasteiger partial charge in [-0.1, -0.05) is 23.5 Å². The van der Waals surface area contributed by atoms with Crippen molar-refractivity contribution in [1.29, 1.82) is 0 Å². The van der Waals surface area contributed by atoms with Crippen molar-refractivity contribution < 1.29 is 17.9 Å². The van der Waals surface area contributed by atoms with E-state index in [0.29, 0.717) is 31.8 Å². The minimum Gasteiger partial charge on any atom is -0.378 e. The molecule has 0 saturated carbocycles.